The highest BCUT2D eigenvalue weighted by Crippen LogP contribution is 2.35. The number of amides is 1. The van der Waals surface area contributed by atoms with Gasteiger partial charge in [-0.1, -0.05) is 40.9 Å². The topological polar surface area (TPSA) is 60.3 Å². The lowest BCUT2D eigenvalue weighted by atomic mass is 9.93. The van der Waals surface area contributed by atoms with Crippen LogP contribution in [0.15, 0.2) is 36.4 Å². The summed E-state index contributed by atoms with van der Waals surface area (Å²) in [6.07, 6.45) is 2.83. The van der Waals surface area contributed by atoms with Crippen LogP contribution in [0.1, 0.15) is 42.1 Å². The standard InChI is InChI=1S/C23H21Cl3N2O3/c1-2-31-16-8-9-19-17(11-16)20(21(29)23(30)27-15-4-3-5-15)22(26)28(19)12-13-6-7-14(24)10-18(13)25/h6-11,15H,2-5,12H2,1H3,(H,27,30). The molecule has 0 radical (unpaired) electrons. The number of fused-ring (bicyclic) bond motifs is 1. The van der Waals surface area contributed by atoms with E-state index in [0.29, 0.717) is 39.8 Å². The zero-order valence-electron chi connectivity index (χ0n) is 16.9. The van der Waals surface area contributed by atoms with E-state index in [9.17, 15) is 9.59 Å². The fourth-order valence-corrected chi connectivity index (χ4v) is 4.47. The summed E-state index contributed by atoms with van der Waals surface area (Å²) in [5.74, 6) is -0.699. The Morgan fingerprint density at radius 1 is 1.13 bits per heavy atom. The van der Waals surface area contributed by atoms with Crippen molar-refractivity contribution in [2.24, 2.45) is 0 Å². The van der Waals surface area contributed by atoms with Crippen molar-refractivity contribution in [3.8, 4) is 5.75 Å². The van der Waals surface area contributed by atoms with Crippen molar-refractivity contribution in [2.45, 2.75) is 38.8 Å². The molecule has 1 aliphatic rings. The molecular formula is C23H21Cl3N2O3. The summed E-state index contributed by atoms with van der Waals surface area (Å²) in [6, 6.07) is 10.6. The number of ketones is 1. The van der Waals surface area contributed by atoms with Crippen LogP contribution in [-0.2, 0) is 11.3 Å². The molecule has 0 spiro atoms. The Balaban J connectivity index is 1.79. The van der Waals surface area contributed by atoms with Crippen LogP contribution >= 0.6 is 34.8 Å². The molecule has 3 aromatic rings. The van der Waals surface area contributed by atoms with Crippen molar-refractivity contribution >= 4 is 57.4 Å². The molecule has 0 saturated heterocycles. The Morgan fingerprint density at radius 3 is 2.55 bits per heavy atom. The van der Waals surface area contributed by atoms with Gasteiger partial charge in [0.1, 0.15) is 10.9 Å². The van der Waals surface area contributed by atoms with Gasteiger partial charge in [-0.2, -0.15) is 0 Å². The van der Waals surface area contributed by atoms with Gasteiger partial charge >= 0.3 is 0 Å². The molecule has 1 fully saturated rings. The predicted molar refractivity (Wildman–Crippen MR) is 124 cm³/mol. The first kappa shape index (κ1) is 22.0. The maximum atomic E-state index is 13.1. The molecule has 1 heterocycles. The third-order valence-electron chi connectivity index (χ3n) is 5.50. The van der Waals surface area contributed by atoms with Crippen LogP contribution in [0, 0.1) is 0 Å². The molecule has 0 atom stereocenters. The smallest absolute Gasteiger partial charge is 0.292 e. The number of hydrogen-bond acceptors (Lipinski definition) is 3. The Hall–Kier alpha value is -2.21. The van der Waals surface area contributed by atoms with E-state index in [0.717, 1.165) is 24.8 Å². The zero-order valence-corrected chi connectivity index (χ0v) is 19.2. The SMILES string of the molecule is CCOc1ccc2c(c1)c(C(=O)C(=O)NC1CCC1)c(Cl)n2Cc1ccc(Cl)cc1Cl. The molecule has 0 bridgehead atoms. The summed E-state index contributed by atoms with van der Waals surface area (Å²) in [6.45, 7) is 2.67. The summed E-state index contributed by atoms with van der Waals surface area (Å²) >= 11 is 19.1. The molecule has 4 rings (SSSR count). The summed E-state index contributed by atoms with van der Waals surface area (Å²) in [5.41, 5.74) is 1.66. The van der Waals surface area contributed by atoms with Gasteiger partial charge in [-0.25, -0.2) is 0 Å². The maximum Gasteiger partial charge on any atom is 0.292 e. The van der Waals surface area contributed by atoms with Gasteiger partial charge in [0.2, 0.25) is 0 Å². The molecule has 1 aromatic heterocycles. The molecule has 0 aliphatic heterocycles. The fraction of sp³-hybridized carbons (Fsp3) is 0.304. The second-order valence-corrected chi connectivity index (χ2v) is 8.73. The van der Waals surface area contributed by atoms with Gasteiger partial charge in [0.15, 0.2) is 0 Å². The molecular weight excluding hydrogens is 459 g/mol. The largest absolute Gasteiger partial charge is 0.494 e. The Labute approximate surface area is 195 Å². The number of halogens is 3. The van der Waals surface area contributed by atoms with Gasteiger partial charge in [-0.05, 0) is 62.1 Å². The monoisotopic (exact) mass is 478 g/mol. The number of carbonyl (C=O) groups excluding carboxylic acids is 2. The van der Waals surface area contributed by atoms with Crippen molar-refractivity contribution in [3.63, 3.8) is 0 Å². The second-order valence-electron chi connectivity index (χ2n) is 7.53. The molecule has 1 N–H and O–H groups in total. The van der Waals surface area contributed by atoms with Crippen molar-refractivity contribution in [1.82, 2.24) is 9.88 Å². The van der Waals surface area contributed by atoms with Gasteiger partial charge in [-0.15, -0.1) is 0 Å². The van der Waals surface area contributed by atoms with Crippen LogP contribution in [0.4, 0.5) is 0 Å². The number of carbonyl (C=O) groups is 2. The van der Waals surface area contributed by atoms with Gasteiger partial charge in [-0.3, -0.25) is 9.59 Å². The second kappa shape index (κ2) is 9.11. The molecule has 2 aromatic carbocycles. The van der Waals surface area contributed by atoms with Gasteiger partial charge in [0, 0.05) is 21.5 Å². The van der Waals surface area contributed by atoms with Crippen LogP contribution in [0.2, 0.25) is 15.2 Å². The summed E-state index contributed by atoms with van der Waals surface area (Å²) in [4.78, 5) is 25.7. The minimum absolute atomic E-state index is 0.0513. The Bertz CT molecular complexity index is 1170. The number of ether oxygens (including phenoxy) is 1. The van der Waals surface area contributed by atoms with Crippen LogP contribution in [-0.4, -0.2) is 28.9 Å². The number of benzene rings is 2. The number of rotatable bonds is 7. The third kappa shape index (κ3) is 4.40. The van der Waals surface area contributed by atoms with E-state index in [1.54, 1.807) is 22.8 Å². The minimum atomic E-state index is -0.656. The van der Waals surface area contributed by atoms with Gasteiger partial charge in [0.25, 0.3) is 11.7 Å². The number of Topliss-reactive ketones (excluding diaryl/α,β-unsaturated/α-hetero) is 1. The summed E-state index contributed by atoms with van der Waals surface area (Å²) < 4.78 is 7.37. The molecule has 5 nitrogen and oxygen atoms in total. The lowest BCUT2D eigenvalue weighted by Crippen LogP contribution is -2.43. The summed E-state index contributed by atoms with van der Waals surface area (Å²) in [7, 11) is 0. The first-order chi connectivity index (χ1) is 14.9. The van der Waals surface area contributed by atoms with E-state index in [1.807, 2.05) is 25.1 Å². The normalized spacial score (nSPS) is 13.8. The fourth-order valence-electron chi connectivity index (χ4n) is 3.67. The van der Waals surface area contributed by atoms with E-state index >= 15 is 0 Å². The molecule has 162 valence electrons. The molecule has 1 saturated carbocycles. The number of nitrogens with zero attached hydrogens (tertiary/aromatic N) is 1. The number of hydrogen-bond donors (Lipinski definition) is 1. The first-order valence-electron chi connectivity index (χ1n) is 10.1. The molecule has 1 amide bonds. The quantitative estimate of drug-likeness (QED) is 0.339. The minimum Gasteiger partial charge on any atom is -0.494 e. The lowest BCUT2D eigenvalue weighted by Gasteiger charge is -2.25. The average molecular weight is 480 g/mol. The van der Waals surface area contributed by atoms with Crippen LogP contribution in [0.3, 0.4) is 0 Å². The third-order valence-corrected chi connectivity index (χ3v) is 6.48. The van der Waals surface area contributed by atoms with Crippen molar-refractivity contribution in [2.75, 3.05) is 6.61 Å². The number of aromatic nitrogens is 1. The van der Waals surface area contributed by atoms with E-state index in [2.05, 4.69) is 5.32 Å². The number of nitrogens with one attached hydrogen (secondary N) is 1. The molecule has 0 unspecified atom stereocenters. The van der Waals surface area contributed by atoms with Gasteiger partial charge < -0.3 is 14.6 Å². The Morgan fingerprint density at radius 2 is 1.90 bits per heavy atom. The average Bonchev–Trinajstić information content (AvgIpc) is 2.97. The predicted octanol–water partition coefficient (Wildman–Crippen LogP) is 5.90. The molecule has 31 heavy (non-hydrogen) atoms. The van der Waals surface area contributed by atoms with Crippen molar-refractivity contribution in [3.05, 3.63) is 62.7 Å². The van der Waals surface area contributed by atoms with Gasteiger partial charge in [0.05, 0.1) is 24.2 Å². The zero-order chi connectivity index (χ0) is 22.1. The highest BCUT2D eigenvalue weighted by Gasteiger charge is 2.29. The molecule has 8 heteroatoms. The highest BCUT2D eigenvalue weighted by molar-refractivity contribution is 6.49. The highest BCUT2D eigenvalue weighted by atomic mass is 35.5. The lowest BCUT2D eigenvalue weighted by molar-refractivity contribution is -0.118. The van der Waals surface area contributed by atoms with Crippen LogP contribution in [0.5, 0.6) is 5.75 Å². The van der Waals surface area contributed by atoms with Crippen LogP contribution in [0.25, 0.3) is 10.9 Å². The van der Waals surface area contributed by atoms with E-state index in [-0.39, 0.29) is 16.8 Å². The first-order valence-corrected chi connectivity index (χ1v) is 11.3. The van der Waals surface area contributed by atoms with Crippen LogP contribution < -0.4 is 10.1 Å². The van der Waals surface area contributed by atoms with E-state index < -0.39 is 11.7 Å². The maximum absolute atomic E-state index is 13.1. The Kier molecular flexibility index (Phi) is 6.47. The summed E-state index contributed by atoms with van der Waals surface area (Å²) in [5, 5.41) is 4.57. The van der Waals surface area contributed by atoms with E-state index in [1.165, 1.54) is 0 Å². The van der Waals surface area contributed by atoms with E-state index in [4.69, 9.17) is 39.5 Å². The van der Waals surface area contributed by atoms with Crippen molar-refractivity contribution in [1.29, 1.82) is 0 Å². The molecule has 1 aliphatic carbocycles. The van der Waals surface area contributed by atoms with Crippen molar-refractivity contribution < 1.29 is 14.3 Å².